The summed E-state index contributed by atoms with van der Waals surface area (Å²) < 4.78 is 0. The minimum absolute atomic E-state index is 0.0536. The van der Waals surface area contributed by atoms with Crippen LogP contribution in [0.25, 0.3) is 0 Å². The SMILES string of the molecule is CN(C)C1CCN(CC(C(N)=NO)c2ccccc2)C1. The van der Waals surface area contributed by atoms with Gasteiger partial charge in [0.05, 0.1) is 5.92 Å². The van der Waals surface area contributed by atoms with Gasteiger partial charge in [-0.1, -0.05) is 35.5 Å². The van der Waals surface area contributed by atoms with Crippen molar-refractivity contribution in [2.75, 3.05) is 33.7 Å². The van der Waals surface area contributed by atoms with Crippen LogP contribution >= 0.6 is 0 Å². The van der Waals surface area contributed by atoms with E-state index >= 15 is 0 Å². The topological polar surface area (TPSA) is 65.1 Å². The number of oxime groups is 1. The average Bonchev–Trinajstić information content (AvgIpc) is 2.94. The molecular formula is C15H24N4O. The molecule has 1 aliphatic heterocycles. The second-order valence-electron chi connectivity index (χ2n) is 5.65. The van der Waals surface area contributed by atoms with Gasteiger partial charge in [-0.15, -0.1) is 0 Å². The van der Waals surface area contributed by atoms with E-state index < -0.39 is 0 Å². The van der Waals surface area contributed by atoms with Crippen LogP contribution in [0.1, 0.15) is 17.9 Å². The van der Waals surface area contributed by atoms with Crippen LogP contribution in [-0.2, 0) is 0 Å². The second kappa shape index (κ2) is 6.72. The van der Waals surface area contributed by atoms with Crippen LogP contribution in [-0.4, -0.2) is 60.6 Å². The van der Waals surface area contributed by atoms with E-state index in [1.165, 1.54) is 6.42 Å². The van der Waals surface area contributed by atoms with E-state index in [2.05, 4.69) is 29.1 Å². The van der Waals surface area contributed by atoms with Crippen molar-refractivity contribution in [1.82, 2.24) is 9.80 Å². The summed E-state index contributed by atoms with van der Waals surface area (Å²) >= 11 is 0. The highest BCUT2D eigenvalue weighted by molar-refractivity contribution is 5.87. The molecule has 0 aliphatic carbocycles. The number of hydrogen-bond donors (Lipinski definition) is 2. The zero-order chi connectivity index (χ0) is 14.5. The Balaban J connectivity index is 2.07. The lowest BCUT2D eigenvalue weighted by atomic mass is 9.97. The normalized spacial score (nSPS) is 22.4. The minimum atomic E-state index is -0.0536. The van der Waals surface area contributed by atoms with Gasteiger partial charge in [0.2, 0.25) is 0 Å². The predicted molar refractivity (Wildman–Crippen MR) is 81.1 cm³/mol. The van der Waals surface area contributed by atoms with E-state index in [0.29, 0.717) is 6.04 Å². The van der Waals surface area contributed by atoms with Crippen molar-refractivity contribution in [3.63, 3.8) is 0 Å². The van der Waals surface area contributed by atoms with Gasteiger partial charge >= 0.3 is 0 Å². The van der Waals surface area contributed by atoms with Crippen LogP contribution < -0.4 is 5.73 Å². The predicted octanol–water partition coefficient (Wildman–Crippen LogP) is 1.15. The van der Waals surface area contributed by atoms with Crippen LogP contribution in [0.15, 0.2) is 35.5 Å². The lowest BCUT2D eigenvalue weighted by Gasteiger charge is -2.24. The quantitative estimate of drug-likeness (QED) is 0.366. The van der Waals surface area contributed by atoms with Crippen molar-refractivity contribution in [1.29, 1.82) is 0 Å². The van der Waals surface area contributed by atoms with E-state index in [-0.39, 0.29) is 11.8 Å². The van der Waals surface area contributed by atoms with Crippen LogP contribution in [0.2, 0.25) is 0 Å². The van der Waals surface area contributed by atoms with Gasteiger partial charge in [0.1, 0.15) is 5.84 Å². The number of likely N-dealkylation sites (tertiary alicyclic amines) is 1. The third kappa shape index (κ3) is 3.49. The monoisotopic (exact) mass is 276 g/mol. The maximum absolute atomic E-state index is 9.02. The molecule has 3 N–H and O–H groups in total. The Labute approximate surface area is 120 Å². The maximum Gasteiger partial charge on any atom is 0.147 e. The minimum Gasteiger partial charge on any atom is -0.409 e. The maximum atomic E-state index is 9.02. The van der Waals surface area contributed by atoms with Crippen molar-refractivity contribution < 1.29 is 5.21 Å². The smallest absolute Gasteiger partial charge is 0.147 e. The van der Waals surface area contributed by atoms with Crippen molar-refractivity contribution in [2.45, 2.75) is 18.4 Å². The van der Waals surface area contributed by atoms with Gasteiger partial charge in [-0.2, -0.15) is 0 Å². The zero-order valence-electron chi connectivity index (χ0n) is 12.2. The summed E-state index contributed by atoms with van der Waals surface area (Å²) in [5.41, 5.74) is 6.98. The van der Waals surface area contributed by atoms with E-state index in [1.54, 1.807) is 0 Å². The van der Waals surface area contributed by atoms with Crippen molar-refractivity contribution in [3.8, 4) is 0 Å². The number of hydrogen-bond acceptors (Lipinski definition) is 4. The van der Waals surface area contributed by atoms with E-state index in [9.17, 15) is 0 Å². The van der Waals surface area contributed by atoms with Crippen molar-refractivity contribution >= 4 is 5.84 Å². The van der Waals surface area contributed by atoms with Gasteiger partial charge in [0.25, 0.3) is 0 Å². The molecule has 5 nitrogen and oxygen atoms in total. The third-order valence-corrected chi connectivity index (χ3v) is 4.09. The zero-order valence-corrected chi connectivity index (χ0v) is 12.2. The van der Waals surface area contributed by atoms with Crippen LogP contribution in [0, 0.1) is 0 Å². The fraction of sp³-hybridized carbons (Fsp3) is 0.533. The van der Waals surface area contributed by atoms with Crippen molar-refractivity contribution in [2.24, 2.45) is 10.9 Å². The molecule has 1 aromatic rings. The average molecular weight is 276 g/mol. The number of nitrogens with two attached hydrogens (primary N) is 1. The van der Waals surface area contributed by atoms with Gasteiger partial charge in [-0.25, -0.2) is 0 Å². The molecular weight excluding hydrogens is 252 g/mol. The molecule has 1 fully saturated rings. The summed E-state index contributed by atoms with van der Waals surface area (Å²) in [6.07, 6.45) is 1.17. The summed E-state index contributed by atoms with van der Waals surface area (Å²) in [6, 6.07) is 10.6. The number of amidine groups is 1. The van der Waals surface area contributed by atoms with Crippen LogP contribution in [0.3, 0.4) is 0 Å². The Morgan fingerprint density at radius 1 is 1.45 bits per heavy atom. The molecule has 1 aromatic carbocycles. The molecule has 20 heavy (non-hydrogen) atoms. The molecule has 1 aliphatic rings. The molecule has 2 rings (SSSR count). The van der Waals surface area contributed by atoms with Gasteiger partial charge in [-0.3, -0.25) is 0 Å². The molecule has 2 atom stereocenters. The lowest BCUT2D eigenvalue weighted by Crippen LogP contribution is -2.36. The molecule has 0 saturated carbocycles. The second-order valence-corrected chi connectivity index (χ2v) is 5.65. The Kier molecular flexibility index (Phi) is 4.98. The molecule has 0 spiro atoms. The molecule has 0 radical (unpaired) electrons. The van der Waals surface area contributed by atoms with E-state index in [0.717, 1.165) is 25.2 Å². The first-order chi connectivity index (χ1) is 9.61. The fourth-order valence-electron chi connectivity index (χ4n) is 2.78. The highest BCUT2D eigenvalue weighted by Gasteiger charge is 2.27. The first kappa shape index (κ1) is 14.8. The molecule has 0 aromatic heterocycles. The summed E-state index contributed by atoms with van der Waals surface area (Å²) in [6.45, 7) is 2.89. The Morgan fingerprint density at radius 3 is 2.70 bits per heavy atom. The standard InChI is InChI=1S/C15H24N4O/c1-18(2)13-8-9-19(10-13)11-14(15(16)17-20)12-6-4-3-5-7-12/h3-7,13-14,20H,8-11H2,1-2H3,(H2,16,17). The number of likely N-dealkylation sites (N-methyl/N-ethyl adjacent to an activating group) is 1. The number of benzene rings is 1. The van der Waals surface area contributed by atoms with Gasteiger partial charge in [-0.05, 0) is 32.6 Å². The molecule has 0 amide bonds. The summed E-state index contributed by atoms with van der Waals surface area (Å²) in [5.74, 6) is 0.228. The number of rotatable bonds is 5. The summed E-state index contributed by atoms with van der Waals surface area (Å²) in [5, 5.41) is 12.2. The van der Waals surface area contributed by atoms with E-state index in [1.807, 2.05) is 30.3 Å². The highest BCUT2D eigenvalue weighted by Crippen LogP contribution is 2.21. The van der Waals surface area contributed by atoms with Gasteiger partial charge < -0.3 is 20.7 Å². The molecule has 1 saturated heterocycles. The Hall–Kier alpha value is -1.59. The molecule has 110 valence electrons. The first-order valence-electron chi connectivity index (χ1n) is 7.03. The van der Waals surface area contributed by atoms with Crippen molar-refractivity contribution in [3.05, 3.63) is 35.9 Å². The lowest BCUT2D eigenvalue weighted by molar-refractivity contribution is 0.265. The fourth-order valence-corrected chi connectivity index (χ4v) is 2.78. The molecule has 1 heterocycles. The Morgan fingerprint density at radius 2 is 2.15 bits per heavy atom. The van der Waals surface area contributed by atoms with E-state index in [4.69, 9.17) is 10.9 Å². The highest BCUT2D eigenvalue weighted by atomic mass is 16.4. The Bertz CT molecular complexity index is 446. The third-order valence-electron chi connectivity index (χ3n) is 4.09. The molecule has 5 heteroatoms. The van der Waals surface area contributed by atoms with Crippen LogP contribution in [0.5, 0.6) is 0 Å². The first-order valence-corrected chi connectivity index (χ1v) is 7.03. The summed E-state index contributed by atoms with van der Waals surface area (Å²) in [7, 11) is 4.23. The van der Waals surface area contributed by atoms with Crippen LogP contribution in [0.4, 0.5) is 0 Å². The summed E-state index contributed by atoms with van der Waals surface area (Å²) in [4.78, 5) is 4.65. The van der Waals surface area contributed by atoms with Gasteiger partial charge in [0, 0.05) is 19.1 Å². The largest absolute Gasteiger partial charge is 0.409 e. The number of nitrogens with zero attached hydrogens (tertiary/aromatic N) is 3. The molecule has 0 bridgehead atoms. The molecule has 2 unspecified atom stereocenters. The van der Waals surface area contributed by atoms with Gasteiger partial charge in [0.15, 0.2) is 0 Å².